The zero-order chi connectivity index (χ0) is 10.1. The van der Waals surface area contributed by atoms with Crippen molar-refractivity contribution in [2.24, 2.45) is 5.92 Å². The summed E-state index contributed by atoms with van der Waals surface area (Å²) >= 11 is 1.27. The highest BCUT2D eigenvalue weighted by molar-refractivity contribution is 7.14. The van der Waals surface area contributed by atoms with Gasteiger partial charge in [0.25, 0.3) is 0 Å². The van der Waals surface area contributed by atoms with Crippen LogP contribution in [0.5, 0.6) is 5.75 Å². The fraction of sp³-hybridized carbons (Fsp3) is 0.500. The molecule has 0 atom stereocenters. The molecule has 1 heterocycles. The molecule has 0 unspecified atom stereocenters. The lowest BCUT2D eigenvalue weighted by Gasteiger charge is -2.02. The van der Waals surface area contributed by atoms with E-state index in [0.29, 0.717) is 23.2 Å². The van der Waals surface area contributed by atoms with E-state index < -0.39 is 5.97 Å². The molecule has 1 aromatic rings. The van der Waals surface area contributed by atoms with Crippen LogP contribution in [0.25, 0.3) is 0 Å². The summed E-state index contributed by atoms with van der Waals surface area (Å²) in [6.07, 6.45) is 2.43. The van der Waals surface area contributed by atoms with E-state index in [4.69, 9.17) is 9.84 Å². The van der Waals surface area contributed by atoms with Gasteiger partial charge in [0.2, 0.25) is 0 Å². The third-order valence-electron chi connectivity index (χ3n) is 2.19. The highest BCUT2D eigenvalue weighted by atomic mass is 32.1. The number of carbonyl (C=O) groups is 1. The largest absolute Gasteiger partial charge is 0.491 e. The molecule has 0 amide bonds. The Kier molecular flexibility index (Phi) is 2.46. The average molecular weight is 212 g/mol. The fourth-order valence-corrected chi connectivity index (χ4v) is 2.03. The SMILES string of the molecule is Cc1cc(OCC2CC2)c(C(=O)O)s1. The molecule has 1 saturated carbocycles. The van der Waals surface area contributed by atoms with Crippen LogP contribution in [-0.2, 0) is 0 Å². The topological polar surface area (TPSA) is 46.5 Å². The summed E-state index contributed by atoms with van der Waals surface area (Å²) in [5, 5.41) is 8.89. The number of hydrogen-bond donors (Lipinski definition) is 1. The number of ether oxygens (including phenoxy) is 1. The Balaban J connectivity index is 2.09. The lowest BCUT2D eigenvalue weighted by Crippen LogP contribution is -2.02. The number of aromatic carboxylic acids is 1. The third-order valence-corrected chi connectivity index (χ3v) is 3.21. The molecule has 0 spiro atoms. The van der Waals surface area contributed by atoms with E-state index in [1.54, 1.807) is 6.07 Å². The third kappa shape index (κ3) is 2.07. The van der Waals surface area contributed by atoms with Crippen LogP contribution >= 0.6 is 11.3 Å². The zero-order valence-electron chi connectivity index (χ0n) is 7.95. The van der Waals surface area contributed by atoms with Gasteiger partial charge in [-0.2, -0.15) is 0 Å². The van der Waals surface area contributed by atoms with Crippen molar-refractivity contribution in [3.8, 4) is 5.75 Å². The molecule has 1 aromatic heterocycles. The van der Waals surface area contributed by atoms with Crippen LogP contribution in [-0.4, -0.2) is 17.7 Å². The Morgan fingerprint density at radius 3 is 3.00 bits per heavy atom. The molecule has 1 N–H and O–H groups in total. The van der Waals surface area contributed by atoms with E-state index in [0.717, 1.165) is 4.88 Å². The minimum absolute atomic E-state index is 0.322. The van der Waals surface area contributed by atoms with Crippen LogP contribution in [0.4, 0.5) is 0 Å². The van der Waals surface area contributed by atoms with Crippen molar-refractivity contribution in [1.82, 2.24) is 0 Å². The van der Waals surface area contributed by atoms with Crippen LogP contribution in [0.2, 0.25) is 0 Å². The molecule has 0 aromatic carbocycles. The van der Waals surface area contributed by atoms with Gasteiger partial charge in [0, 0.05) is 4.88 Å². The Bertz CT molecular complexity index is 352. The molecule has 0 saturated heterocycles. The smallest absolute Gasteiger partial charge is 0.349 e. The zero-order valence-corrected chi connectivity index (χ0v) is 8.76. The number of rotatable bonds is 4. The summed E-state index contributed by atoms with van der Waals surface area (Å²) in [5.41, 5.74) is 0. The summed E-state index contributed by atoms with van der Waals surface area (Å²) in [5.74, 6) is 0.289. The molecule has 1 aliphatic rings. The van der Waals surface area contributed by atoms with Gasteiger partial charge < -0.3 is 9.84 Å². The first kappa shape index (κ1) is 9.52. The second-order valence-corrected chi connectivity index (χ2v) is 4.87. The van der Waals surface area contributed by atoms with Crippen LogP contribution in [0, 0.1) is 12.8 Å². The van der Waals surface area contributed by atoms with Gasteiger partial charge in [-0.25, -0.2) is 4.79 Å². The summed E-state index contributed by atoms with van der Waals surface area (Å²) in [6, 6.07) is 1.80. The molecule has 14 heavy (non-hydrogen) atoms. The van der Waals surface area contributed by atoms with Gasteiger partial charge in [0.1, 0.15) is 5.75 Å². The van der Waals surface area contributed by atoms with Gasteiger partial charge in [-0.3, -0.25) is 0 Å². The van der Waals surface area contributed by atoms with E-state index in [1.165, 1.54) is 24.2 Å². The van der Waals surface area contributed by atoms with Gasteiger partial charge in [-0.15, -0.1) is 11.3 Å². The summed E-state index contributed by atoms with van der Waals surface area (Å²) < 4.78 is 5.47. The molecular formula is C10H12O3S. The van der Waals surface area contributed by atoms with Crippen molar-refractivity contribution in [3.05, 3.63) is 15.8 Å². The van der Waals surface area contributed by atoms with Crippen molar-refractivity contribution in [1.29, 1.82) is 0 Å². The summed E-state index contributed by atoms with van der Waals surface area (Å²) in [4.78, 5) is 12.1. The maximum Gasteiger partial charge on any atom is 0.349 e. The Labute approximate surface area is 86.3 Å². The molecule has 1 aliphatic carbocycles. The number of carboxylic acids is 1. The highest BCUT2D eigenvalue weighted by Gasteiger charge is 2.23. The minimum atomic E-state index is -0.895. The maximum atomic E-state index is 10.8. The van der Waals surface area contributed by atoms with Gasteiger partial charge >= 0.3 is 5.97 Å². The van der Waals surface area contributed by atoms with Crippen molar-refractivity contribution in [2.75, 3.05) is 6.61 Å². The van der Waals surface area contributed by atoms with E-state index in [-0.39, 0.29) is 0 Å². The molecule has 0 aliphatic heterocycles. The number of aryl methyl sites for hydroxylation is 1. The first-order valence-corrected chi connectivity index (χ1v) is 5.45. The first-order chi connectivity index (χ1) is 6.66. The first-order valence-electron chi connectivity index (χ1n) is 4.63. The normalized spacial score (nSPS) is 15.5. The second-order valence-electron chi connectivity index (χ2n) is 3.61. The van der Waals surface area contributed by atoms with E-state index in [2.05, 4.69) is 0 Å². The van der Waals surface area contributed by atoms with Gasteiger partial charge in [-0.05, 0) is 31.7 Å². The Morgan fingerprint density at radius 1 is 1.71 bits per heavy atom. The second kappa shape index (κ2) is 3.61. The van der Waals surface area contributed by atoms with E-state index in [1.807, 2.05) is 6.92 Å². The molecule has 2 rings (SSSR count). The van der Waals surface area contributed by atoms with Crippen LogP contribution < -0.4 is 4.74 Å². The molecule has 0 bridgehead atoms. The number of carboxylic acid groups (broad SMARTS) is 1. The maximum absolute atomic E-state index is 10.8. The number of hydrogen-bond acceptors (Lipinski definition) is 3. The molecule has 4 heteroatoms. The minimum Gasteiger partial charge on any atom is -0.491 e. The van der Waals surface area contributed by atoms with Crippen LogP contribution in [0.15, 0.2) is 6.07 Å². The van der Waals surface area contributed by atoms with E-state index in [9.17, 15) is 4.79 Å². The van der Waals surface area contributed by atoms with E-state index >= 15 is 0 Å². The van der Waals surface area contributed by atoms with Crippen LogP contribution in [0.3, 0.4) is 0 Å². The molecule has 0 radical (unpaired) electrons. The van der Waals surface area contributed by atoms with Gasteiger partial charge in [0.15, 0.2) is 4.88 Å². The van der Waals surface area contributed by atoms with Crippen molar-refractivity contribution < 1.29 is 14.6 Å². The molecular weight excluding hydrogens is 200 g/mol. The lowest BCUT2D eigenvalue weighted by atomic mass is 10.4. The van der Waals surface area contributed by atoms with Crippen molar-refractivity contribution in [2.45, 2.75) is 19.8 Å². The molecule has 76 valence electrons. The predicted octanol–water partition coefficient (Wildman–Crippen LogP) is 2.54. The number of thiophene rings is 1. The summed E-state index contributed by atoms with van der Waals surface area (Å²) in [6.45, 7) is 2.55. The van der Waals surface area contributed by atoms with Crippen molar-refractivity contribution >= 4 is 17.3 Å². The Morgan fingerprint density at radius 2 is 2.43 bits per heavy atom. The quantitative estimate of drug-likeness (QED) is 0.834. The average Bonchev–Trinajstić information content (AvgIpc) is 2.86. The van der Waals surface area contributed by atoms with Gasteiger partial charge in [-0.1, -0.05) is 0 Å². The molecule has 1 fully saturated rings. The van der Waals surface area contributed by atoms with Gasteiger partial charge in [0.05, 0.1) is 6.61 Å². The van der Waals surface area contributed by atoms with Crippen LogP contribution in [0.1, 0.15) is 27.4 Å². The summed E-state index contributed by atoms with van der Waals surface area (Å²) in [7, 11) is 0. The standard InChI is InChI=1S/C10H12O3S/c1-6-4-8(9(14-6)10(11)12)13-5-7-2-3-7/h4,7H,2-3,5H2,1H3,(H,11,12). The predicted molar refractivity (Wildman–Crippen MR) is 54.2 cm³/mol. The fourth-order valence-electron chi connectivity index (χ4n) is 1.24. The lowest BCUT2D eigenvalue weighted by molar-refractivity contribution is 0.0698. The monoisotopic (exact) mass is 212 g/mol. The van der Waals surface area contributed by atoms with Crippen molar-refractivity contribution in [3.63, 3.8) is 0 Å². The molecule has 3 nitrogen and oxygen atoms in total. The Hall–Kier alpha value is -1.03. The highest BCUT2D eigenvalue weighted by Crippen LogP contribution is 2.33.